The molecule has 0 radical (unpaired) electrons. The van der Waals surface area contributed by atoms with Crippen molar-refractivity contribution in [2.24, 2.45) is 0 Å². The Bertz CT molecular complexity index is 639. The highest BCUT2D eigenvalue weighted by Gasteiger charge is 2.18. The Balaban J connectivity index is 1.98. The molecule has 0 atom stereocenters. The summed E-state index contributed by atoms with van der Waals surface area (Å²) in [6.45, 7) is 1.92. The van der Waals surface area contributed by atoms with Gasteiger partial charge in [-0.25, -0.2) is 19.5 Å². The molecule has 0 saturated heterocycles. The second-order valence-electron chi connectivity index (χ2n) is 4.36. The number of hydrogen-bond acceptors (Lipinski definition) is 4. The van der Waals surface area contributed by atoms with E-state index in [1.54, 1.807) is 11.3 Å². The molecule has 0 bridgehead atoms. The number of carboxylic acid groups (broad SMARTS) is 2. The second kappa shape index (κ2) is 5.87. The van der Waals surface area contributed by atoms with Gasteiger partial charge < -0.3 is 10.2 Å². The van der Waals surface area contributed by atoms with Crippen LogP contribution in [0.2, 0.25) is 0 Å². The van der Waals surface area contributed by atoms with E-state index in [0.29, 0.717) is 17.7 Å². The van der Waals surface area contributed by atoms with Crippen molar-refractivity contribution in [3.05, 3.63) is 28.8 Å². The number of carbonyl (C=O) groups is 2. The molecule has 0 aliphatic rings. The summed E-state index contributed by atoms with van der Waals surface area (Å²) >= 11 is 1.61. The Labute approximate surface area is 119 Å². The largest absolute Gasteiger partial charge is 0.465 e. The van der Waals surface area contributed by atoms with Crippen LogP contribution in [0.4, 0.5) is 9.59 Å². The van der Waals surface area contributed by atoms with E-state index >= 15 is 0 Å². The number of fused-ring (bicyclic) bond motifs is 1. The van der Waals surface area contributed by atoms with Crippen LogP contribution in [0.15, 0.2) is 18.2 Å². The zero-order valence-electron chi connectivity index (χ0n) is 10.9. The summed E-state index contributed by atoms with van der Waals surface area (Å²) < 4.78 is 1.09. The number of imide groups is 1. The summed E-state index contributed by atoms with van der Waals surface area (Å²) in [5, 5.41) is 18.4. The van der Waals surface area contributed by atoms with E-state index in [4.69, 9.17) is 10.2 Å². The van der Waals surface area contributed by atoms with Crippen LogP contribution in [-0.4, -0.2) is 38.8 Å². The highest BCUT2D eigenvalue weighted by atomic mass is 32.1. The molecule has 0 spiro atoms. The molecule has 0 aliphatic carbocycles. The summed E-state index contributed by atoms with van der Waals surface area (Å²) in [5.41, 5.74) is 2.01. The van der Waals surface area contributed by atoms with E-state index in [2.05, 4.69) is 4.98 Å². The fraction of sp³-hybridized carbons (Fsp3) is 0.308. The maximum absolute atomic E-state index is 10.7. The molecule has 20 heavy (non-hydrogen) atoms. The highest BCUT2D eigenvalue weighted by molar-refractivity contribution is 7.18. The Morgan fingerprint density at radius 1 is 1.30 bits per heavy atom. The molecular formula is C13H14N2O4S. The van der Waals surface area contributed by atoms with Crippen LogP contribution in [0.5, 0.6) is 0 Å². The fourth-order valence-corrected chi connectivity index (χ4v) is 2.84. The van der Waals surface area contributed by atoms with Gasteiger partial charge in [0.05, 0.1) is 15.2 Å². The maximum atomic E-state index is 10.7. The van der Waals surface area contributed by atoms with Crippen molar-refractivity contribution in [1.82, 2.24) is 9.88 Å². The molecule has 7 heteroatoms. The minimum absolute atomic E-state index is 0.0234. The van der Waals surface area contributed by atoms with E-state index in [0.717, 1.165) is 20.8 Å². The average molecular weight is 294 g/mol. The van der Waals surface area contributed by atoms with Gasteiger partial charge in [0.2, 0.25) is 0 Å². The molecule has 0 unspecified atom stereocenters. The number of amides is 2. The van der Waals surface area contributed by atoms with Crippen LogP contribution >= 0.6 is 11.3 Å². The lowest BCUT2D eigenvalue weighted by Crippen LogP contribution is -2.35. The lowest BCUT2D eigenvalue weighted by atomic mass is 10.1. The van der Waals surface area contributed by atoms with Crippen molar-refractivity contribution in [3.63, 3.8) is 0 Å². The molecule has 1 aromatic heterocycles. The summed E-state index contributed by atoms with van der Waals surface area (Å²) in [6.07, 6.45) is -1.79. The Morgan fingerprint density at radius 2 is 2.00 bits per heavy atom. The second-order valence-corrected chi connectivity index (χ2v) is 5.59. The summed E-state index contributed by atoms with van der Waals surface area (Å²) in [4.78, 5) is 26.2. The monoisotopic (exact) mass is 294 g/mol. The first-order valence-electron chi connectivity index (χ1n) is 6.07. The first kappa shape index (κ1) is 14.3. The third-order valence-corrected chi connectivity index (χ3v) is 3.80. The van der Waals surface area contributed by atoms with Gasteiger partial charge in [-0.3, -0.25) is 0 Å². The zero-order chi connectivity index (χ0) is 14.7. The topological polar surface area (TPSA) is 90.7 Å². The van der Waals surface area contributed by atoms with Crippen molar-refractivity contribution in [2.75, 3.05) is 6.54 Å². The molecule has 6 nitrogen and oxygen atoms in total. The number of rotatable bonds is 4. The van der Waals surface area contributed by atoms with Gasteiger partial charge in [0.15, 0.2) is 0 Å². The number of hydrogen-bond donors (Lipinski definition) is 2. The smallest absolute Gasteiger partial charge is 0.416 e. The SMILES string of the molecule is Cc1nc2ccc(CCCN(C(=O)O)C(=O)O)cc2s1. The molecular weight excluding hydrogens is 280 g/mol. The number of benzene rings is 1. The van der Waals surface area contributed by atoms with E-state index in [-0.39, 0.29) is 6.54 Å². The van der Waals surface area contributed by atoms with Gasteiger partial charge in [-0.15, -0.1) is 11.3 Å². The lowest BCUT2D eigenvalue weighted by molar-refractivity contribution is 0.122. The van der Waals surface area contributed by atoms with Crippen LogP contribution < -0.4 is 0 Å². The predicted molar refractivity (Wildman–Crippen MR) is 75.4 cm³/mol. The van der Waals surface area contributed by atoms with Crippen molar-refractivity contribution in [1.29, 1.82) is 0 Å². The Hall–Kier alpha value is -2.15. The zero-order valence-corrected chi connectivity index (χ0v) is 11.7. The summed E-state index contributed by atoms with van der Waals surface area (Å²) in [7, 11) is 0. The van der Waals surface area contributed by atoms with E-state index in [1.807, 2.05) is 25.1 Å². The average Bonchev–Trinajstić information content (AvgIpc) is 2.72. The fourth-order valence-electron chi connectivity index (χ4n) is 1.95. The Kier molecular flexibility index (Phi) is 4.19. The normalized spacial score (nSPS) is 10.7. The van der Waals surface area contributed by atoms with Crippen LogP contribution in [-0.2, 0) is 6.42 Å². The molecule has 106 valence electrons. The van der Waals surface area contributed by atoms with Crippen LogP contribution in [0, 0.1) is 6.92 Å². The maximum Gasteiger partial charge on any atom is 0.416 e. The molecule has 2 amide bonds. The molecule has 0 saturated carbocycles. The van der Waals surface area contributed by atoms with Crippen molar-refractivity contribution < 1.29 is 19.8 Å². The van der Waals surface area contributed by atoms with Gasteiger partial charge >= 0.3 is 12.2 Å². The van der Waals surface area contributed by atoms with E-state index < -0.39 is 12.2 Å². The third kappa shape index (κ3) is 3.24. The molecule has 2 rings (SSSR count). The molecule has 1 aromatic carbocycles. The van der Waals surface area contributed by atoms with Crippen molar-refractivity contribution in [2.45, 2.75) is 19.8 Å². The first-order chi connectivity index (χ1) is 9.47. The minimum atomic E-state index is -1.44. The Morgan fingerprint density at radius 3 is 2.65 bits per heavy atom. The van der Waals surface area contributed by atoms with Crippen LogP contribution in [0.25, 0.3) is 10.2 Å². The molecule has 2 N–H and O–H groups in total. The number of thiazole rings is 1. The molecule has 1 heterocycles. The number of aromatic nitrogens is 1. The molecule has 2 aromatic rings. The molecule has 0 aliphatic heterocycles. The lowest BCUT2D eigenvalue weighted by Gasteiger charge is -2.12. The standard InChI is InChI=1S/C13H14N2O4S/c1-8-14-10-5-4-9(7-11(10)20-8)3-2-6-15(12(16)17)13(18)19/h4-5,7H,2-3,6H2,1H3,(H,16,17)(H,18,19). The van der Waals surface area contributed by atoms with Crippen LogP contribution in [0.1, 0.15) is 17.0 Å². The highest BCUT2D eigenvalue weighted by Crippen LogP contribution is 2.23. The van der Waals surface area contributed by atoms with Gasteiger partial charge in [-0.1, -0.05) is 6.07 Å². The number of aryl methyl sites for hydroxylation is 2. The van der Waals surface area contributed by atoms with Gasteiger partial charge in [0.1, 0.15) is 0 Å². The van der Waals surface area contributed by atoms with Gasteiger partial charge in [0, 0.05) is 6.54 Å². The van der Waals surface area contributed by atoms with Gasteiger partial charge in [0.25, 0.3) is 0 Å². The van der Waals surface area contributed by atoms with E-state index in [9.17, 15) is 9.59 Å². The van der Waals surface area contributed by atoms with Crippen molar-refractivity contribution >= 4 is 33.7 Å². The minimum Gasteiger partial charge on any atom is -0.465 e. The molecule has 0 fully saturated rings. The first-order valence-corrected chi connectivity index (χ1v) is 6.88. The van der Waals surface area contributed by atoms with E-state index in [1.165, 1.54) is 0 Å². The summed E-state index contributed by atoms with van der Waals surface area (Å²) in [5.74, 6) is 0. The van der Waals surface area contributed by atoms with Crippen molar-refractivity contribution in [3.8, 4) is 0 Å². The van der Waals surface area contributed by atoms with Gasteiger partial charge in [-0.2, -0.15) is 0 Å². The van der Waals surface area contributed by atoms with Crippen LogP contribution in [0.3, 0.4) is 0 Å². The summed E-state index contributed by atoms with van der Waals surface area (Å²) in [6, 6.07) is 5.89. The predicted octanol–water partition coefficient (Wildman–Crippen LogP) is 3.20. The number of nitrogens with zero attached hydrogens (tertiary/aromatic N) is 2. The third-order valence-electron chi connectivity index (χ3n) is 2.87. The van der Waals surface area contributed by atoms with Gasteiger partial charge in [-0.05, 0) is 37.5 Å². The quantitative estimate of drug-likeness (QED) is 0.903.